The van der Waals surface area contributed by atoms with Crippen LogP contribution >= 0.6 is 0 Å². The van der Waals surface area contributed by atoms with E-state index in [2.05, 4.69) is 5.32 Å². The minimum Gasteiger partial charge on any atom is -0.345 e. The fourth-order valence-electron chi connectivity index (χ4n) is 3.72. The van der Waals surface area contributed by atoms with Gasteiger partial charge in [-0.1, -0.05) is 49.2 Å². The van der Waals surface area contributed by atoms with E-state index in [1.807, 2.05) is 45.0 Å². The zero-order valence-electron chi connectivity index (χ0n) is 17.4. The lowest BCUT2D eigenvalue weighted by molar-refractivity contribution is 0.0934. The van der Waals surface area contributed by atoms with E-state index in [4.69, 9.17) is 0 Å². The van der Waals surface area contributed by atoms with E-state index in [9.17, 15) is 13.2 Å². The number of piperidine rings is 1. The van der Waals surface area contributed by atoms with E-state index >= 15 is 0 Å². The number of nitrogens with zero attached hydrogens (tertiary/aromatic N) is 1. The van der Waals surface area contributed by atoms with Crippen molar-refractivity contribution in [1.82, 2.24) is 9.62 Å². The highest BCUT2D eigenvalue weighted by molar-refractivity contribution is 7.89. The molecule has 0 bridgehead atoms. The van der Waals surface area contributed by atoms with Crippen LogP contribution in [0.25, 0.3) is 0 Å². The zero-order chi connectivity index (χ0) is 21.0. The molecule has 29 heavy (non-hydrogen) atoms. The summed E-state index contributed by atoms with van der Waals surface area (Å²) in [4.78, 5) is 13.2. The lowest BCUT2D eigenvalue weighted by Crippen LogP contribution is -2.36. The second-order valence-corrected chi connectivity index (χ2v) is 9.72. The largest absolute Gasteiger partial charge is 0.345 e. The third-order valence-electron chi connectivity index (χ3n) is 5.60. The summed E-state index contributed by atoms with van der Waals surface area (Å²) >= 11 is 0. The van der Waals surface area contributed by atoms with Crippen molar-refractivity contribution in [3.8, 4) is 0 Å². The number of carbonyl (C=O) groups excluding carboxylic acids is 1. The lowest BCUT2D eigenvalue weighted by atomic mass is 10.0. The van der Waals surface area contributed by atoms with Gasteiger partial charge in [-0.25, -0.2) is 8.42 Å². The molecule has 156 valence electrons. The normalized spacial score (nSPS) is 16.4. The summed E-state index contributed by atoms with van der Waals surface area (Å²) < 4.78 is 27.5. The van der Waals surface area contributed by atoms with Crippen LogP contribution in [0, 0.1) is 13.8 Å². The molecular formula is C23H30N2O3S. The minimum atomic E-state index is -3.57. The Kier molecular flexibility index (Phi) is 6.75. The van der Waals surface area contributed by atoms with Gasteiger partial charge in [-0.3, -0.25) is 4.79 Å². The van der Waals surface area contributed by atoms with Crippen LogP contribution in [-0.4, -0.2) is 31.7 Å². The molecule has 1 aliphatic heterocycles. The van der Waals surface area contributed by atoms with Gasteiger partial charge >= 0.3 is 0 Å². The van der Waals surface area contributed by atoms with Crippen LogP contribution < -0.4 is 5.32 Å². The number of aryl methyl sites for hydroxylation is 2. The SMILES string of the molecule is CC[C@H](NC(=O)c1cc(S(=O)(=O)N2CCCCC2)ccc1C)c1ccc(C)cc1. The molecule has 2 aromatic carbocycles. The minimum absolute atomic E-state index is 0.121. The Morgan fingerprint density at radius 1 is 1.03 bits per heavy atom. The summed E-state index contributed by atoms with van der Waals surface area (Å²) in [6.07, 6.45) is 3.57. The smallest absolute Gasteiger partial charge is 0.252 e. The summed E-state index contributed by atoms with van der Waals surface area (Å²) in [5, 5.41) is 3.07. The number of amides is 1. The fraction of sp³-hybridized carbons (Fsp3) is 0.435. The highest BCUT2D eigenvalue weighted by atomic mass is 32.2. The Morgan fingerprint density at radius 2 is 1.69 bits per heavy atom. The zero-order valence-corrected chi connectivity index (χ0v) is 18.3. The van der Waals surface area contributed by atoms with Crippen molar-refractivity contribution >= 4 is 15.9 Å². The molecule has 1 aliphatic rings. The van der Waals surface area contributed by atoms with Crippen LogP contribution in [0.5, 0.6) is 0 Å². The van der Waals surface area contributed by atoms with Gasteiger partial charge in [-0.2, -0.15) is 4.31 Å². The van der Waals surface area contributed by atoms with Crippen molar-refractivity contribution < 1.29 is 13.2 Å². The fourth-order valence-corrected chi connectivity index (χ4v) is 5.26. The first-order valence-corrected chi connectivity index (χ1v) is 11.7. The van der Waals surface area contributed by atoms with E-state index in [1.54, 1.807) is 12.1 Å². The summed E-state index contributed by atoms with van der Waals surface area (Å²) in [7, 11) is -3.57. The predicted molar refractivity (Wildman–Crippen MR) is 115 cm³/mol. The highest BCUT2D eigenvalue weighted by Crippen LogP contribution is 2.24. The van der Waals surface area contributed by atoms with E-state index in [-0.39, 0.29) is 16.8 Å². The molecular weight excluding hydrogens is 384 g/mol. The number of benzene rings is 2. The topological polar surface area (TPSA) is 66.5 Å². The molecule has 5 nitrogen and oxygen atoms in total. The number of hydrogen-bond donors (Lipinski definition) is 1. The second kappa shape index (κ2) is 9.09. The third kappa shape index (κ3) is 4.87. The molecule has 1 heterocycles. The van der Waals surface area contributed by atoms with E-state index in [0.717, 1.165) is 36.8 Å². The van der Waals surface area contributed by atoms with Gasteiger partial charge < -0.3 is 5.32 Å². The third-order valence-corrected chi connectivity index (χ3v) is 7.49. The first-order chi connectivity index (χ1) is 13.8. The van der Waals surface area contributed by atoms with Crippen LogP contribution in [0.3, 0.4) is 0 Å². The van der Waals surface area contributed by atoms with Gasteiger partial charge in [0.05, 0.1) is 10.9 Å². The molecule has 0 radical (unpaired) electrons. The van der Waals surface area contributed by atoms with Crippen molar-refractivity contribution in [3.05, 3.63) is 64.7 Å². The molecule has 0 spiro atoms. The molecule has 3 rings (SSSR count). The van der Waals surface area contributed by atoms with Crippen molar-refractivity contribution in [2.24, 2.45) is 0 Å². The van der Waals surface area contributed by atoms with Gasteiger partial charge in [0, 0.05) is 18.7 Å². The molecule has 2 aromatic rings. The van der Waals surface area contributed by atoms with Crippen molar-refractivity contribution in [2.75, 3.05) is 13.1 Å². The standard InChI is InChI=1S/C23H30N2O3S/c1-4-22(19-11-8-17(2)9-12-19)24-23(26)21-16-20(13-10-18(21)3)29(27,28)25-14-6-5-7-15-25/h8-13,16,22H,4-7,14-15H2,1-3H3,(H,24,26)/t22-/m0/s1. The number of sulfonamides is 1. The lowest BCUT2D eigenvalue weighted by Gasteiger charge is -2.26. The van der Waals surface area contributed by atoms with Crippen LogP contribution in [0.15, 0.2) is 47.4 Å². The number of rotatable bonds is 6. The van der Waals surface area contributed by atoms with Crippen molar-refractivity contribution in [1.29, 1.82) is 0 Å². The first kappa shape index (κ1) is 21.5. The summed E-state index contributed by atoms with van der Waals surface area (Å²) in [6.45, 7) is 6.97. The maximum Gasteiger partial charge on any atom is 0.252 e. The Bertz CT molecular complexity index is 962. The van der Waals surface area contributed by atoms with Crippen LogP contribution in [0.2, 0.25) is 0 Å². The Labute approximate surface area is 174 Å². The first-order valence-electron chi connectivity index (χ1n) is 10.3. The van der Waals surface area contributed by atoms with E-state index in [1.165, 1.54) is 15.9 Å². The predicted octanol–water partition coefficient (Wildman–Crippen LogP) is 4.36. The molecule has 0 aliphatic carbocycles. The Morgan fingerprint density at radius 3 is 2.31 bits per heavy atom. The number of nitrogens with one attached hydrogen (secondary N) is 1. The van der Waals surface area contributed by atoms with Crippen LogP contribution in [-0.2, 0) is 10.0 Å². The Hall–Kier alpha value is -2.18. The molecule has 1 saturated heterocycles. The molecule has 0 aromatic heterocycles. The van der Waals surface area contributed by atoms with Crippen molar-refractivity contribution in [2.45, 2.75) is 57.4 Å². The molecule has 1 atom stereocenters. The second-order valence-electron chi connectivity index (χ2n) is 7.79. The van der Waals surface area contributed by atoms with Gasteiger partial charge in [-0.15, -0.1) is 0 Å². The van der Waals surface area contributed by atoms with Crippen LogP contribution in [0.4, 0.5) is 0 Å². The summed E-state index contributed by atoms with van der Waals surface area (Å²) in [6, 6.07) is 12.8. The van der Waals surface area contributed by atoms with Gasteiger partial charge in [0.15, 0.2) is 0 Å². The Balaban J connectivity index is 1.85. The molecule has 1 N–H and O–H groups in total. The maximum absolute atomic E-state index is 13.0. The summed E-state index contributed by atoms with van der Waals surface area (Å²) in [5.41, 5.74) is 3.38. The van der Waals surface area contributed by atoms with Crippen LogP contribution in [0.1, 0.15) is 65.7 Å². The average Bonchev–Trinajstić information content (AvgIpc) is 2.73. The number of hydrogen-bond acceptors (Lipinski definition) is 3. The van der Waals surface area contributed by atoms with Crippen molar-refractivity contribution in [3.63, 3.8) is 0 Å². The van der Waals surface area contributed by atoms with E-state index in [0.29, 0.717) is 18.7 Å². The molecule has 1 fully saturated rings. The van der Waals surface area contributed by atoms with Gasteiger partial charge in [0.1, 0.15) is 0 Å². The summed E-state index contributed by atoms with van der Waals surface area (Å²) in [5.74, 6) is -0.245. The quantitative estimate of drug-likeness (QED) is 0.764. The number of carbonyl (C=O) groups is 1. The highest BCUT2D eigenvalue weighted by Gasteiger charge is 2.27. The molecule has 0 saturated carbocycles. The monoisotopic (exact) mass is 414 g/mol. The van der Waals surface area contributed by atoms with Gasteiger partial charge in [-0.05, 0) is 56.4 Å². The molecule has 1 amide bonds. The maximum atomic E-state index is 13.0. The van der Waals surface area contributed by atoms with E-state index < -0.39 is 10.0 Å². The molecule has 0 unspecified atom stereocenters. The van der Waals surface area contributed by atoms with Gasteiger partial charge in [0.25, 0.3) is 5.91 Å². The average molecular weight is 415 g/mol. The molecule has 6 heteroatoms. The van der Waals surface area contributed by atoms with Gasteiger partial charge in [0.2, 0.25) is 10.0 Å².